The van der Waals surface area contributed by atoms with Crippen LogP contribution in [0.25, 0.3) is 0 Å². The number of likely N-dealkylation sites (N-methyl/N-ethyl adjacent to an activating group) is 1. The summed E-state index contributed by atoms with van der Waals surface area (Å²) in [6.07, 6.45) is 0.152. The summed E-state index contributed by atoms with van der Waals surface area (Å²) < 4.78 is 0. The zero-order valence-corrected chi connectivity index (χ0v) is 24.4. The molecule has 222 valence electrons. The number of hydrogen-bond donors (Lipinski definition) is 4. The van der Waals surface area contributed by atoms with Gasteiger partial charge in [0.15, 0.2) is 11.4 Å². The van der Waals surface area contributed by atoms with E-state index in [1.807, 2.05) is 31.2 Å². The van der Waals surface area contributed by atoms with Gasteiger partial charge in [0.1, 0.15) is 22.8 Å². The SMILES string of the molecule is Cc1ccc(C#Cc2cc(N(C)C)c3c(c2O)C(=O)C2=C(N=O)[C@]4(O)C(=O)C(C(N)=O)=C(O)[C@@H](N(C)C)[C@@H]4C[C@@H]2C3)cc1. The Morgan fingerprint density at radius 3 is 2.30 bits per heavy atom. The molecule has 0 unspecified atom stereocenters. The molecule has 11 heteroatoms. The highest BCUT2D eigenvalue weighted by Gasteiger charge is 2.63. The van der Waals surface area contributed by atoms with Crippen molar-refractivity contribution in [1.29, 1.82) is 0 Å². The molecule has 3 aliphatic carbocycles. The number of fused-ring (bicyclic) bond motifs is 3. The van der Waals surface area contributed by atoms with Gasteiger partial charge in [-0.25, -0.2) is 0 Å². The molecule has 2 aromatic carbocycles. The van der Waals surface area contributed by atoms with Crippen molar-refractivity contribution in [2.45, 2.75) is 31.4 Å². The Hall–Kier alpha value is -4.79. The number of ketones is 2. The van der Waals surface area contributed by atoms with Gasteiger partial charge in [0.25, 0.3) is 5.91 Å². The summed E-state index contributed by atoms with van der Waals surface area (Å²) in [7, 11) is 6.72. The molecule has 0 aromatic heterocycles. The van der Waals surface area contributed by atoms with E-state index in [0.717, 1.165) is 5.56 Å². The lowest BCUT2D eigenvalue weighted by atomic mass is 9.58. The zero-order chi connectivity index (χ0) is 31.5. The Balaban J connectivity index is 1.74. The van der Waals surface area contributed by atoms with Crippen LogP contribution in [0.5, 0.6) is 5.75 Å². The second-order valence-corrected chi connectivity index (χ2v) is 11.7. The molecule has 0 spiro atoms. The number of phenolic OH excluding ortho intramolecular Hbond substituents is 1. The van der Waals surface area contributed by atoms with Crippen molar-refractivity contribution in [1.82, 2.24) is 4.90 Å². The molecule has 4 atom stereocenters. The number of Topliss-reactive ketones (excluding diaryl/α,β-unsaturated/α-hetero) is 2. The Morgan fingerprint density at radius 2 is 1.74 bits per heavy atom. The fraction of sp³-hybridized carbons (Fsp3) is 0.344. The van der Waals surface area contributed by atoms with E-state index in [1.165, 1.54) is 4.90 Å². The molecular weight excluding hydrogens is 552 g/mol. The summed E-state index contributed by atoms with van der Waals surface area (Å²) in [4.78, 5) is 55.8. The summed E-state index contributed by atoms with van der Waals surface area (Å²) in [6, 6.07) is 8.08. The predicted molar refractivity (Wildman–Crippen MR) is 158 cm³/mol. The van der Waals surface area contributed by atoms with Crippen LogP contribution in [-0.2, 0) is 16.0 Å². The highest BCUT2D eigenvalue weighted by molar-refractivity contribution is 6.25. The first-order chi connectivity index (χ1) is 20.2. The van der Waals surface area contributed by atoms with Crippen LogP contribution >= 0.6 is 0 Å². The second kappa shape index (κ2) is 10.5. The van der Waals surface area contributed by atoms with E-state index in [2.05, 4.69) is 17.0 Å². The fourth-order valence-corrected chi connectivity index (χ4v) is 6.69. The maximum absolute atomic E-state index is 14.2. The van der Waals surface area contributed by atoms with Crippen molar-refractivity contribution in [2.24, 2.45) is 22.7 Å². The van der Waals surface area contributed by atoms with Gasteiger partial charge in [0, 0.05) is 36.8 Å². The first-order valence-electron chi connectivity index (χ1n) is 13.7. The van der Waals surface area contributed by atoms with Crippen LogP contribution < -0.4 is 10.6 Å². The second-order valence-electron chi connectivity index (χ2n) is 11.7. The molecule has 5 rings (SSSR count). The fourth-order valence-electron chi connectivity index (χ4n) is 6.69. The number of rotatable bonds is 4. The molecule has 2 aromatic rings. The lowest BCUT2D eigenvalue weighted by Gasteiger charge is -2.50. The van der Waals surface area contributed by atoms with Gasteiger partial charge in [0.2, 0.25) is 5.78 Å². The number of benzene rings is 2. The highest BCUT2D eigenvalue weighted by atomic mass is 16.3. The van der Waals surface area contributed by atoms with Crippen LogP contribution in [0.2, 0.25) is 0 Å². The van der Waals surface area contributed by atoms with Gasteiger partial charge in [-0.1, -0.05) is 29.5 Å². The van der Waals surface area contributed by atoms with Crippen molar-refractivity contribution in [2.75, 3.05) is 33.1 Å². The van der Waals surface area contributed by atoms with Crippen LogP contribution in [0.4, 0.5) is 5.69 Å². The molecule has 0 saturated carbocycles. The van der Waals surface area contributed by atoms with Crippen molar-refractivity contribution >= 4 is 23.2 Å². The molecule has 0 bridgehead atoms. The number of nitrogens with zero attached hydrogens (tertiary/aromatic N) is 3. The van der Waals surface area contributed by atoms with Gasteiger partial charge in [-0.3, -0.25) is 19.3 Å². The molecular formula is C32H32N4O7. The number of carbonyl (C=O) groups is 3. The Kier molecular flexibility index (Phi) is 7.24. The maximum Gasteiger partial charge on any atom is 0.255 e. The molecule has 0 saturated heterocycles. The van der Waals surface area contributed by atoms with Crippen LogP contribution in [-0.4, -0.2) is 77.5 Å². The van der Waals surface area contributed by atoms with Crippen molar-refractivity contribution < 1.29 is 29.7 Å². The first-order valence-corrected chi connectivity index (χ1v) is 13.7. The van der Waals surface area contributed by atoms with E-state index in [0.29, 0.717) is 16.8 Å². The molecule has 3 aliphatic rings. The number of aromatic hydroxyl groups is 1. The van der Waals surface area contributed by atoms with Crippen molar-refractivity contribution in [3.05, 3.63) is 85.7 Å². The number of nitrogens with two attached hydrogens (primary N) is 1. The van der Waals surface area contributed by atoms with E-state index in [-0.39, 0.29) is 29.5 Å². The number of amides is 1. The predicted octanol–water partition coefficient (Wildman–Crippen LogP) is 2.10. The van der Waals surface area contributed by atoms with E-state index in [9.17, 15) is 34.6 Å². The number of carbonyl (C=O) groups excluding carboxylic acids is 3. The molecule has 1 amide bonds. The van der Waals surface area contributed by atoms with Gasteiger partial charge in [-0.15, -0.1) is 4.91 Å². The molecule has 0 heterocycles. The lowest BCUT2D eigenvalue weighted by molar-refractivity contribution is -0.144. The number of allylic oxidation sites excluding steroid dienone is 1. The average Bonchev–Trinajstić information content (AvgIpc) is 2.93. The minimum Gasteiger partial charge on any atom is -0.510 e. The molecule has 11 nitrogen and oxygen atoms in total. The third kappa shape index (κ3) is 4.42. The topological polar surface area (TPSA) is 174 Å². The van der Waals surface area contributed by atoms with Gasteiger partial charge in [-0.2, -0.15) is 0 Å². The summed E-state index contributed by atoms with van der Waals surface area (Å²) in [6.45, 7) is 1.95. The highest BCUT2D eigenvalue weighted by Crippen LogP contribution is 2.54. The number of primary amides is 1. The third-order valence-corrected chi connectivity index (χ3v) is 8.67. The van der Waals surface area contributed by atoms with Crippen LogP contribution in [0.1, 0.15) is 39.0 Å². The zero-order valence-electron chi connectivity index (χ0n) is 24.4. The molecule has 0 radical (unpaired) electrons. The number of anilines is 1. The smallest absolute Gasteiger partial charge is 0.255 e. The van der Waals surface area contributed by atoms with Crippen LogP contribution in [0.3, 0.4) is 0 Å². The average molecular weight is 585 g/mol. The quantitative estimate of drug-likeness (QED) is 0.238. The largest absolute Gasteiger partial charge is 0.510 e. The number of hydrogen-bond acceptors (Lipinski definition) is 10. The number of phenols is 1. The summed E-state index contributed by atoms with van der Waals surface area (Å²) >= 11 is 0. The van der Waals surface area contributed by atoms with Crippen molar-refractivity contribution in [3.8, 4) is 17.6 Å². The lowest BCUT2D eigenvalue weighted by Crippen LogP contribution is -2.63. The normalized spacial score (nSPS) is 24.6. The standard InChI is InChI=1S/C32H32N4O7/c1-15-6-8-16(9-7-15)10-11-17-14-21(35(2)3)19-12-18-13-20-25(36(4)5)28(39)24(31(33)41)30(40)32(20,42)29(34-43)22(18)27(38)23(19)26(17)37/h6-9,14,18,20,25,37,39,42H,12-13H2,1-5H3,(H2,33,41)/t18-,20-,25-,32-/m0/s1. The van der Waals surface area contributed by atoms with E-state index < -0.39 is 63.7 Å². The van der Waals surface area contributed by atoms with Gasteiger partial charge in [0.05, 0.1) is 17.2 Å². The molecule has 43 heavy (non-hydrogen) atoms. The van der Waals surface area contributed by atoms with E-state index in [4.69, 9.17) is 5.73 Å². The Labute approximate surface area is 248 Å². The monoisotopic (exact) mass is 584 g/mol. The number of aryl methyl sites for hydroxylation is 1. The van der Waals surface area contributed by atoms with Crippen LogP contribution in [0, 0.1) is 35.5 Å². The van der Waals surface area contributed by atoms with E-state index in [1.54, 1.807) is 39.2 Å². The van der Waals surface area contributed by atoms with E-state index >= 15 is 0 Å². The summed E-state index contributed by atoms with van der Waals surface area (Å²) in [5, 5.41) is 37.3. The first kappa shape index (κ1) is 29.7. The Bertz CT molecular complexity index is 1730. The van der Waals surface area contributed by atoms with Gasteiger partial charge in [-0.05, 0) is 68.7 Å². The summed E-state index contributed by atoms with van der Waals surface area (Å²) in [5.41, 5.74) is 3.85. The molecule has 5 N–H and O–H groups in total. The Morgan fingerprint density at radius 1 is 1.09 bits per heavy atom. The maximum atomic E-state index is 14.2. The van der Waals surface area contributed by atoms with Crippen molar-refractivity contribution in [3.63, 3.8) is 0 Å². The molecule has 0 aliphatic heterocycles. The number of nitroso groups, excluding NO2 is 1. The van der Waals surface area contributed by atoms with Gasteiger partial charge >= 0.3 is 0 Å². The summed E-state index contributed by atoms with van der Waals surface area (Å²) in [5.74, 6) is -0.267. The van der Waals surface area contributed by atoms with Crippen LogP contribution in [0.15, 0.2) is 58.1 Å². The molecule has 0 fully saturated rings. The van der Waals surface area contributed by atoms with Gasteiger partial charge < -0.3 is 26.0 Å². The number of aliphatic hydroxyl groups excluding tert-OH is 1. The minimum absolute atomic E-state index is 0.0106. The minimum atomic E-state index is -2.71. The third-order valence-electron chi connectivity index (χ3n) is 8.67. The number of aliphatic hydroxyl groups is 2.